The largest absolute Gasteiger partial charge is 0.383 e. The molecule has 0 aromatic heterocycles. The van der Waals surface area contributed by atoms with Crippen LogP contribution in [0, 0.1) is 6.92 Å². The number of rotatable bonds is 7. The van der Waals surface area contributed by atoms with Crippen molar-refractivity contribution in [3.05, 3.63) is 28.8 Å². The van der Waals surface area contributed by atoms with Crippen LogP contribution in [0.4, 0.5) is 5.69 Å². The van der Waals surface area contributed by atoms with E-state index in [1.165, 1.54) is 6.92 Å². The van der Waals surface area contributed by atoms with Crippen molar-refractivity contribution < 1.29 is 14.3 Å². The first-order chi connectivity index (χ1) is 9.93. The summed E-state index contributed by atoms with van der Waals surface area (Å²) in [5.41, 5.74) is 1.63. The normalized spacial score (nSPS) is 10.3. The molecular weight excluding hydrogens is 292 g/mol. The van der Waals surface area contributed by atoms with Crippen LogP contribution in [0.25, 0.3) is 0 Å². The molecule has 0 radical (unpaired) electrons. The summed E-state index contributed by atoms with van der Waals surface area (Å²) in [4.78, 5) is 25.0. The van der Waals surface area contributed by atoms with Crippen LogP contribution in [0.3, 0.4) is 0 Å². The summed E-state index contributed by atoms with van der Waals surface area (Å²) in [5.74, 6) is -0.220. The van der Waals surface area contributed by atoms with E-state index < -0.39 is 0 Å². The molecule has 0 saturated carbocycles. The number of nitrogens with one attached hydrogen (secondary N) is 1. The quantitative estimate of drug-likeness (QED) is 0.841. The fourth-order valence-corrected chi connectivity index (χ4v) is 1.98. The number of aryl methyl sites for hydroxylation is 1. The van der Waals surface area contributed by atoms with Crippen LogP contribution in [0.1, 0.15) is 18.9 Å². The van der Waals surface area contributed by atoms with Gasteiger partial charge in [0, 0.05) is 44.3 Å². The number of carbonyl (C=O) groups excluding carboxylic acids is 2. The third kappa shape index (κ3) is 6.14. The second-order valence-corrected chi connectivity index (χ2v) is 5.19. The number of hydrogen-bond donors (Lipinski definition) is 1. The highest BCUT2D eigenvalue weighted by Gasteiger charge is 2.11. The maximum absolute atomic E-state index is 12.0. The van der Waals surface area contributed by atoms with Gasteiger partial charge in [-0.1, -0.05) is 17.7 Å². The molecule has 0 saturated heterocycles. The van der Waals surface area contributed by atoms with Gasteiger partial charge in [0.1, 0.15) is 0 Å². The number of methoxy groups -OCH3 is 1. The maximum Gasteiger partial charge on any atom is 0.226 e. The molecule has 1 rings (SSSR count). The minimum absolute atomic E-state index is 0.0706. The monoisotopic (exact) mass is 312 g/mol. The molecule has 6 heteroatoms. The summed E-state index contributed by atoms with van der Waals surface area (Å²) >= 11 is 5.91. The first kappa shape index (κ1) is 17.5. The highest BCUT2D eigenvalue weighted by atomic mass is 35.5. The van der Waals surface area contributed by atoms with Crippen LogP contribution in [-0.4, -0.2) is 43.5 Å². The van der Waals surface area contributed by atoms with Gasteiger partial charge in [-0.2, -0.15) is 0 Å². The van der Waals surface area contributed by atoms with Gasteiger partial charge < -0.3 is 15.0 Å². The van der Waals surface area contributed by atoms with Crippen molar-refractivity contribution in [2.75, 3.05) is 32.1 Å². The number of benzene rings is 1. The first-order valence-corrected chi connectivity index (χ1v) is 7.12. The van der Waals surface area contributed by atoms with Crippen molar-refractivity contribution in [1.82, 2.24) is 4.90 Å². The standard InChI is InChI=1S/C15H21ClN2O3/c1-11-4-5-13(16)10-14(11)17-15(20)6-7-18(12(2)19)8-9-21-3/h4-5,10H,6-9H2,1-3H3,(H,17,20). The average molecular weight is 313 g/mol. The van der Waals surface area contributed by atoms with Crippen LogP contribution in [0.2, 0.25) is 5.02 Å². The number of carbonyl (C=O) groups is 2. The topological polar surface area (TPSA) is 58.6 Å². The van der Waals surface area contributed by atoms with Gasteiger partial charge in [0.2, 0.25) is 11.8 Å². The summed E-state index contributed by atoms with van der Waals surface area (Å²) < 4.78 is 4.94. The highest BCUT2D eigenvalue weighted by Crippen LogP contribution is 2.20. The number of nitrogens with zero attached hydrogens (tertiary/aromatic N) is 1. The van der Waals surface area contributed by atoms with Crippen LogP contribution in [-0.2, 0) is 14.3 Å². The number of anilines is 1. The van der Waals surface area contributed by atoms with E-state index >= 15 is 0 Å². The van der Waals surface area contributed by atoms with E-state index in [-0.39, 0.29) is 18.2 Å². The molecule has 1 aromatic rings. The summed E-state index contributed by atoms with van der Waals surface area (Å²) in [5, 5.41) is 3.38. The Kier molecular flexibility index (Phi) is 7.19. The van der Waals surface area contributed by atoms with Gasteiger partial charge in [0.05, 0.1) is 6.61 Å². The molecule has 2 amide bonds. The molecule has 116 valence electrons. The molecule has 1 N–H and O–H groups in total. The van der Waals surface area contributed by atoms with Crippen molar-refractivity contribution >= 4 is 29.1 Å². The molecule has 21 heavy (non-hydrogen) atoms. The summed E-state index contributed by atoms with van der Waals surface area (Å²) in [6.45, 7) is 4.68. The lowest BCUT2D eigenvalue weighted by atomic mass is 10.2. The van der Waals surface area contributed by atoms with Crippen LogP contribution < -0.4 is 5.32 Å². The van der Waals surface area contributed by atoms with Gasteiger partial charge in [-0.05, 0) is 24.6 Å². The lowest BCUT2D eigenvalue weighted by Gasteiger charge is -2.20. The zero-order valence-electron chi connectivity index (χ0n) is 12.6. The number of hydrogen-bond acceptors (Lipinski definition) is 3. The smallest absolute Gasteiger partial charge is 0.226 e. The number of amides is 2. The van der Waals surface area contributed by atoms with Crippen LogP contribution >= 0.6 is 11.6 Å². The molecule has 5 nitrogen and oxygen atoms in total. The van der Waals surface area contributed by atoms with Gasteiger partial charge in [-0.3, -0.25) is 9.59 Å². The minimum atomic E-state index is -0.149. The van der Waals surface area contributed by atoms with Gasteiger partial charge in [0.25, 0.3) is 0 Å². The number of ether oxygens (including phenoxy) is 1. The van der Waals surface area contributed by atoms with E-state index in [2.05, 4.69) is 5.32 Å². The average Bonchev–Trinajstić information content (AvgIpc) is 2.42. The van der Waals surface area contributed by atoms with E-state index in [1.54, 1.807) is 24.1 Å². The third-order valence-electron chi connectivity index (χ3n) is 3.09. The molecule has 0 atom stereocenters. The highest BCUT2D eigenvalue weighted by molar-refractivity contribution is 6.31. The Morgan fingerprint density at radius 2 is 2.05 bits per heavy atom. The second-order valence-electron chi connectivity index (χ2n) is 4.76. The lowest BCUT2D eigenvalue weighted by molar-refractivity contribution is -0.130. The van der Waals surface area contributed by atoms with Crippen molar-refractivity contribution in [2.45, 2.75) is 20.3 Å². The zero-order valence-corrected chi connectivity index (χ0v) is 13.4. The molecule has 1 aromatic carbocycles. The lowest BCUT2D eigenvalue weighted by Crippen LogP contribution is -2.34. The second kappa shape index (κ2) is 8.64. The van der Waals surface area contributed by atoms with Crippen molar-refractivity contribution in [3.8, 4) is 0 Å². The zero-order chi connectivity index (χ0) is 15.8. The predicted octanol–water partition coefficient (Wildman–Crippen LogP) is 2.47. The molecule has 0 aliphatic rings. The Morgan fingerprint density at radius 3 is 2.67 bits per heavy atom. The third-order valence-corrected chi connectivity index (χ3v) is 3.33. The molecule has 0 unspecified atom stereocenters. The Hall–Kier alpha value is -1.59. The SMILES string of the molecule is COCCN(CCC(=O)Nc1cc(Cl)ccc1C)C(C)=O. The van der Waals surface area contributed by atoms with Gasteiger partial charge in [-0.15, -0.1) is 0 Å². The van der Waals surface area contributed by atoms with Crippen LogP contribution in [0.5, 0.6) is 0 Å². The Labute approximate surface area is 130 Å². The molecule has 0 fully saturated rings. The minimum Gasteiger partial charge on any atom is -0.383 e. The summed E-state index contributed by atoms with van der Waals surface area (Å²) in [7, 11) is 1.58. The molecule has 0 spiro atoms. The molecular formula is C15H21ClN2O3. The molecule has 0 aliphatic heterocycles. The van der Waals surface area contributed by atoms with Gasteiger partial charge in [-0.25, -0.2) is 0 Å². The van der Waals surface area contributed by atoms with E-state index in [0.717, 1.165) is 5.56 Å². The summed E-state index contributed by atoms with van der Waals surface area (Å²) in [6, 6.07) is 5.33. The fourth-order valence-electron chi connectivity index (χ4n) is 1.81. The Balaban J connectivity index is 2.52. The number of halogens is 1. The van der Waals surface area contributed by atoms with Crippen molar-refractivity contribution in [1.29, 1.82) is 0 Å². The van der Waals surface area contributed by atoms with Crippen molar-refractivity contribution in [2.24, 2.45) is 0 Å². The molecule has 0 bridgehead atoms. The summed E-state index contributed by atoms with van der Waals surface area (Å²) in [6.07, 6.45) is 0.231. The van der Waals surface area contributed by atoms with E-state index in [1.807, 2.05) is 13.0 Å². The first-order valence-electron chi connectivity index (χ1n) is 6.74. The fraction of sp³-hybridized carbons (Fsp3) is 0.467. The Bertz CT molecular complexity index is 506. The Morgan fingerprint density at radius 1 is 1.33 bits per heavy atom. The van der Waals surface area contributed by atoms with E-state index in [4.69, 9.17) is 16.3 Å². The van der Waals surface area contributed by atoms with Crippen molar-refractivity contribution in [3.63, 3.8) is 0 Å². The van der Waals surface area contributed by atoms with E-state index in [0.29, 0.717) is 30.4 Å². The predicted molar refractivity (Wildman–Crippen MR) is 83.6 cm³/mol. The molecule has 0 heterocycles. The maximum atomic E-state index is 12.0. The van der Waals surface area contributed by atoms with Gasteiger partial charge in [0.15, 0.2) is 0 Å². The van der Waals surface area contributed by atoms with E-state index in [9.17, 15) is 9.59 Å². The van der Waals surface area contributed by atoms with Gasteiger partial charge >= 0.3 is 0 Å². The molecule has 0 aliphatic carbocycles. The van der Waals surface area contributed by atoms with Crippen LogP contribution in [0.15, 0.2) is 18.2 Å².